The number of benzene rings is 2. The Bertz CT molecular complexity index is 647. The molecule has 4 heteroatoms. The molecule has 0 atom stereocenters. The van der Waals surface area contributed by atoms with Crippen molar-refractivity contribution in [3.8, 4) is 11.5 Å². The van der Waals surface area contributed by atoms with E-state index in [1.165, 1.54) is 5.56 Å². The van der Waals surface area contributed by atoms with Gasteiger partial charge in [-0.25, -0.2) is 0 Å². The summed E-state index contributed by atoms with van der Waals surface area (Å²) in [5.41, 5.74) is 1.31. The van der Waals surface area contributed by atoms with E-state index in [4.69, 9.17) is 9.47 Å². The second-order valence-electron chi connectivity index (χ2n) is 6.58. The number of para-hydroxylation sites is 1. The molecule has 4 nitrogen and oxygen atoms in total. The summed E-state index contributed by atoms with van der Waals surface area (Å²) in [6, 6.07) is 17.3. The molecule has 2 rings (SSSR count). The SMILES string of the molecule is CC(C)(C)c1cccc(OCCNC(=O)COc2ccccc2)c1. The summed E-state index contributed by atoms with van der Waals surface area (Å²) < 4.78 is 11.1. The molecule has 0 heterocycles. The van der Waals surface area contributed by atoms with Crippen molar-refractivity contribution >= 4 is 5.91 Å². The van der Waals surface area contributed by atoms with Gasteiger partial charge in [-0.1, -0.05) is 51.1 Å². The van der Waals surface area contributed by atoms with Crippen LogP contribution in [0.2, 0.25) is 0 Å². The van der Waals surface area contributed by atoms with E-state index >= 15 is 0 Å². The first-order valence-electron chi connectivity index (χ1n) is 8.13. The van der Waals surface area contributed by atoms with E-state index in [9.17, 15) is 4.79 Å². The quantitative estimate of drug-likeness (QED) is 0.791. The normalized spacial score (nSPS) is 11.0. The Morgan fingerprint density at radius 3 is 2.38 bits per heavy atom. The molecule has 0 saturated carbocycles. The molecular weight excluding hydrogens is 302 g/mol. The van der Waals surface area contributed by atoms with Crippen LogP contribution in [0.15, 0.2) is 54.6 Å². The monoisotopic (exact) mass is 327 g/mol. The highest BCUT2D eigenvalue weighted by molar-refractivity contribution is 5.77. The largest absolute Gasteiger partial charge is 0.492 e. The summed E-state index contributed by atoms with van der Waals surface area (Å²) in [5, 5.41) is 2.78. The first-order valence-corrected chi connectivity index (χ1v) is 8.13. The average Bonchev–Trinajstić information content (AvgIpc) is 2.57. The molecule has 0 aliphatic carbocycles. The lowest BCUT2D eigenvalue weighted by atomic mass is 9.87. The summed E-state index contributed by atoms with van der Waals surface area (Å²) in [7, 11) is 0. The Morgan fingerprint density at radius 2 is 1.67 bits per heavy atom. The number of hydrogen-bond donors (Lipinski definition) is 1. The van der Waals surface area contributed by atoms with Crippen LogP contribution in [-0.4, -0.2) is 25.7 Å². The lowest BCUT2D eigenvalue weighted by molar-refractivity contribution is -0.123. The van der Waals surface area contributed by atoms with Crippen molar-refractivity contribution in [2.75, 3.05) is 19.8 Å². The number of nitrogens with one attached hydrogen (secondary N) is 1. The fourth-order valence-electron chi connectivity index (χ4n) is 2.13. The Hall–Kier alpha value is -2.49. The fourth-order valence-corrected chi connectivity index (χ4v) is 2.13. The summed E-state index contributed by atoms with van der Waals surface area (Å²) in [4.78, 5) is 11.7. The number of hydrogen-bond acceptors (Lipinski definition) is 3. The Labute approximate surface area is 143 Å². The second-order valence-corrected chi connectivity index (χ2v) is 6.58. The second kappa shape index (κ2) is 8.39. The van der Waals surface area contributed by atoms with Crippen molar-refractivity contribution in [1.82, 2.24) is 5.32 Å². The maximum absolute atomic E-state index is 11.7. The maximum atomic E-state index is 11.7. The summed E-state index contributed by atoms with van der Waals surface area (Å²) in [6.07, 6.45) is 0. The van der Waals surface area contributed by atoms with Crippen molar-refractivity contribution in [2.24, 2.45) is 0 Å². The highest BCUT2D eigenvalue weighted by Gasteiger charge is 2.13. The van der Waals surface area contributed by atoms with Gasteiger partial charge >= 0.3 is 0 Å². The first-order chi connectivity index (χ1) is 11.4. The standard InChI is InChI=1S/C20H25NO3/c1-20(2,3)16-8-7-11-18(14-16)23-13-12-21-19(22)15-24-17-9-5-4-6-10-17/h4-11,14H,12-13,15H2,1-3H3,(H,21,22). The molecule has 0 aromatic heterocycles. The van der Waals surface area contributed by atoms with E-state index in [-0.39, 0.29) is 17.9 Å². The zero-order chi connectivity index (χ0) is 17.4. The zero-order valence-electron chi connectivity index (χ0n) is 14.5. The van der Waals surface area contributed by atoms with Crippen molar-refractivity contribution in [3.05, 3.63) is 60.2 Å². The van der Waals surface area contributed by atoms with Gasteiger partial charge in [0.15, 0.2) is 6.61 Å². The van der Waals surface area contributed by atoms with E-state index < -0.39 is 0 Å². The number of rotatable bonds is 7. The zero-order valence-corrected chi connectivity index (χ0v) is 14.5. The van der Waals surface area contributed by atoms with Crippen LogP contribution in [0.3, 0.4) is 0 Å². The summed E-state index contributed by atoms with van der Waals surface area (Å²) >= 11 is 0. The van der Waals surface area contributed by atoms with Crippen LogP contribution in [0.1, 0.15) is 26.3 Å². The van der Waals surface area contributed by atoms with Gasteiger partial charge in [-0.2, -0.15) is 0 Å². The van der Waals surface area contributed by atoms with Crippen LogP contribution in [0.5, 0.6) is 11.5 Å². The number of carbonyl (C=O) groups excluding carboxylic acids is 1. The highest BCUT2D eigenvalue weighted by atomic mass is 16.5. The van der Waals surface area contributed by atoms with Gasteiger partial charge in [0.1, 0.15) is 18.1 Å². The van der Waals surface area contributed by atoms with E-state index in [1.807, 2.05) is 48.5 Å². The third-order valence-corrected chi connectivity index (χ3v) is 3.51. The predicted octanol–water partition coefficient (Wildman–Crippen LogP) is 3.56. The Kier molecular flexibility index (Phi) is 6.24. The van der Waals surface area contributed by atoms with Crippen LogP contribution in [-0.2, 0) is 10.2 Å². The molecule has 128 valence electrons. The highest BCUT2D eigenvalue weighted by Crippen LogP contribution is 2.25. The molecule has 0 aliphatic rings. The van der Waals surface area contributed by atoms with Crippen LogP contribution in [0.25, 0.3) is 0 Å². The van der Waals surface area contributed by atoms with E-state index in [0.29, 0.717) is 18.9 Å². The average molecular weight is 327 g/mol. The van der Waals surface area contributed by atoms with Gasteiger partial charge in [0.25, 0.3) is 5.91 Å². The van der Waals surface area contributed by atoms with E-state index in [0.717, 1.165) is 5.75 Å². The van der Waals surface area contributed by atoms with Gasteiger partial charge in [-0.3, -0.25) is 4.79 Å². The summed E-state index contributed by atoms with van der Waals surface area (Å²) in [6.45, 7) is 7.36. The fraction of sp³-hybridized carbons (Fsp3) is 0.350. The molecule has 1 N–H and O–H groups in total. The molecule has 0 saturated heterocycles. The van der Waals surface area contributed by atoms with Crippen LogP contribution < -0.4 is 14.8 Å². The van der Waals surface area contributed by atoms with Gasteiger partial charge in [0.05, 0.1) is 6.54 Å². The molecule has 2 aromatic rings. The maximum Gasteiger partial charge on any atom is 0.258 e. The minimum Gasteiger partial charge on any atom is -0.492 e. The van der Waals surface area contributed by atoms with Crippen LogP contribution in [0, 0.1) is 0 Å². The Balaban J connectivity index is 1.68. The lowest BCUT2D eigenvalue weighted by Crippen LogP contribution is -2.32. The first kappa shape index (κ1) is 17.9. The predicted molar refractivity (Wildman–Crippen MR) is 95.6 cm³/mol. The van der Waals surface area contributed by atoms with Crippen LogP contribution >= 0.6 is 0 Å². The van der Waals surface area contributed by atoms with Gasteiger partial charge in [0, 0.05) is 0 Å². The molecule has 0 radical (unpaired) electrons. The van der Waals surface area contributed by atoms with Crippen molar-refractivity contribution in [1.29, 1.82) is 0 Å². The number of carbonyl (C=O) groups is 1. The van der Waals surface area contributed by atoms with Crippen molar-refractivity contribution in [3.63, 3.8) is 0 Å². The van der Waals surface area contributed by atoms with Gasteiger partial charge < -0.3 is 14.8 Å². The van der Waals surface area contributed by atoms with E-state index in [2.05, 4.69) is 32.2 Å². The van der Waals surface area contributed by atoms with Crippen molar-refractivity contribution < 1.29 is 14.3 Å². The third kappa shape index (κ3) is 5.95. The van der Waals surface area contributed by atoms with Crippen molar-refractivity contribution in [2.45, 2.75) is 26.2 Å². The molecule has 0 spiro atoms. The molecule has 0 aliphatic heterocycles. The molecule has 2 aromatic carbocycles. The molecular formula is C20H25NO3. The topological polar surface area (TPSA) is 47.6 Å². The Morgan fingerprint density at radius 1 is 0.958 bits per heavy atom. The van der Waals surface area contributed by atoms with Crippen LogP contribution in [0.4, 0.5) is 0 Å². The van der Waals surface area contributed by atoms with Gasteiger partial charge in [-0.15, -0.1) is 0 Å². The lowest BCUT2D eigenvalue weighted by Gasteiger charge is -2.19. The molecule has 24 heavy (non-hydrogen) atoms. The minimum atomic E-state index is -0.161. The number of amides is 1. The number of ether oxygens (including phenoxy) is 2. The molecule has 0 unspecified atom stereocenters. The minimum absolute atomic E-state index is 0.00349. The molecule has 1 amide bonds. The smallest absolute Gasteiger partial charge is 0.258 e. The summed E-state index contributed by atoms with van der Waals surface area (Å²) in [5.74, 6) is 1.34. The molecule has 0 fully saturated rings. The van der Waals surface area contributed by atoms with Gasteiger partial charge in [-0.05, 0) is 35.2 Å². The van der Waals surface area contributed by atoms with E-state index in [1.54, 1.807) is 0 Å². The van der Waals surface area contributed by atoms with Gasteiger partial charge in [0.2, 0.25) is 0 Å². The third-order valence-electron chi connectivity index (χ3n) is 3.51. The molecule has 0 bridgehead atoms.